The second-order valence-electron chi connectivity index (χ2n) is 12.3. The Morgan fingerprint density at radius 3 is 1.95 bits per heavy atom. The van der Waals surface area contributed by atoms with E-state index in [1.807, 2.05) is 13.0 Å². The van der Waals surface area contributed by atoms with Crippen LogP contribution in [-0.4, -0.2) is 43.8 Å². The fourth-order valence-electron chi connectivity index (χ4n) is 5.88. The number of carbonyl (C=O) groups excluding carboxylic acids is 2. The van der Waals surface area contributed by atoms with Gasteiger partial charge in [-0.15, -0.1) is 0 Å². The predicted molar refractivity (Wildman–Crippen MR) is 168 cm³/mol. The summed E-state index contributed by atoms with van der Waals surface area (Å²) in [6, 6.07) is 5.32. The van der Waals surface area contributed by atoms with Gasteiger partial charge < -0.3 is 19.9 Å². The van der Waals surface area contributed by atoms with Gasteiger partial charge in [-0.3, -0.25) is 4.79 Å². The fourth-order valence-corrected chi connectivity index (χ4v) is 5.88. The molecule has 1 saturated heterocycles. The summed E-state index contributed by atoms with van der Waals surface area (Å²) in [7, 11) is 0. The molecule has 0 aromatic carbocycles. The molecule has 0 bridgehead atoms. The van der Waals surface area contributed by atoms with Crippen molar-refractivity contribution in [1.29, 1.82) is 0 Å². The third kappa shape index (κ3) is 12.4. The Labute approximate surface area is 256 Å². The number of pyridine rings is 1. The van der Waals surface area contributed by atoms with Crippen LogP contribution in [0, 0.1) is 0 Å². The summed E-state index contributed by atoms with van der Waals surface area (Å²) in [6.07, 6.45) is 24.9. The number of aryl methyl sites for hydroxylation is 1. The third-order valence-electron chi connectivity index (χ3n) is 8.72. The maximum absolute atomic E-state index is 13.2. The van der Waals surface area contributed by atoms with Crippen molar-refractivity contribution in [2.24, 2.45) is 5.73 Å². The highest BCUT2D eigenvalue weighted by Gasteiger charge is 2.50. The molecule has 2 unspecified atom stereocenters. The smallest absolute Gasteiger partial charge is 0.345 e. The molecule has 7 heteroatoms. The first-order chi connectivity index (χ1) is 20.4. The van der Waals surface area contributed by atoms with Crippen LogP contribution in [-0.2, 0) is 35.9 Å². The van der Waals surface area contributed by atoms with Gasteiger partial charge in [-0.05, 0) is 33.1 Å². The molecule has 2 atom stereocenters. The van der Waals surface area contributed by atoms with Crippen LogP contribution in [0.3, 0.4) is 0 Å². The van der Waals surface area contributed by atoms with E-state index in [0.717, 1.165) is 19.3 Å². The topological polar surface area (TPSA) is 91.7 Å². The lowest BCUT2D eigenvalue weighted by Gasteiger charge is -2.30. The molecule has 1 fully saturated rings. The molecule has 1 aliphatic heterocycles. The summed E-state index contributed by atoms with van der Waals surface area (Å²) in [5.41, 5.74) is 4.31. The number of hydrogen-bond acceptors (Lipinski definition) is 6. The van der Waals surface area contributed by atoms with E-state index in [9.17, 15) is 9.59 Å². The second kappa shape index (κ2) is 21.0. The van der Waals surface area contributed by atoms with Crippen LogP contribution in [0.5, 0.6) is 0 Å². The first-order valence-corrected chi connectivity index (χ1v) is 17.1. The highest BCUT2D eigenvalue weighted by atomic mass is 16.6. The van der Waals surface area contributed by atoms with Crippen molar-refractivity contribution in [3.8, 4) is 0 Å². The average molecular weight is 590 g/mol. The molecule has 7 nitrogen and oxygen atoms in total. The van der Waals surface area contributed by atoms with E-state index >= 15 is 0 Å². The molecule has 2 N–H and O–H groups in total. The van der Waals surface area contributed by atoms with Crippen molar-refractivity contribution >= 4 is 11.8 Å². The van der Waals surface area contributed by atoms with Gasteiger partial charge in [0.2, 0.25) is 5.69 Å². The summed E-state index contributed by atoms with van der Waals surface area (Å²) in [5.74, 6) is -1.21. The third-order valence-corrected chi connectivity index (χ3v) is 8.72. The molecule has 0 radical (unpaired) electrons. The Kier molecular flexibility index (Phi) is 18.2. The minimum absolute atomic E-state index is 0.0238. The molecule has 1 aromatic heterocycles. The van der Waals surface area contributed by atoms with E-state index in [2.05, 4.69) is 6.92 Å². The van der Waals surface area contributed by atoms with Crippen molar-refractivity contribution < 1.29 is 28.4 Å². The average Bonchev–Trinajstić information content (AvgIpc) is 3.47. The Morgan fingerprint density at radius 2 is 1.45 bits per heavy atom. The predicted octanol–water partition coefficient (Wildman–Crippen LogP) is 7.11. The molecule has 0 saturated carbocycles. The molecular weight excluding hydrogens is 528 g/mol. The van der Waals surface area contributed by atoms with Gasteiger partial charge in [-0.1, -0.05) is 109 Å². The molecule has 240 valence electrons. The Hall–Kier alpha value is -1.83. The second-order valence-corrected chi connectivity index (χ2v) is 12.3. The molecule has 0 spiro atoms. The van der Waals surface area contributed by atoms with Crippen LogP contribution in [0.25, 0.3) is 0 Å². The van der Waals surface area contributed by atoms with Gasteiger partial charge in [0.05, 0.1) is 6.61 Å². The van der Waals surface area contributed by atoms with Crippen molar-refractivity contribution in [1.82, 2.24) is 0 Å². The van der Waals surface area contributed by atoms with Crippen LogP contribution in [0.2, 0.25) is 0 Å². The van der Waals surface area contributed by atoms with Crippen molar-refractivity contribution in [3.05, 3.63) is 30.1 Å². The summed E-state index contributed by atoms with van der Waals surface area (Å²) in [5, 5.41) is 0. The summed E-state index contributed by atoms with van der Waals surface area (Å²) >= 11 is 0. The molecule has 0 amide bonds. The highest BCUT2D eigenvalue weighted by molar-refractivity contribution is 6.07. The zero-order chi connectivity index (χ0) is 30.5. The van der Waals surface area contributed by atoms with E-state index in [1.165, 1.54) is 103 Å². The van der Waals surface area contributed by atoms with E-state index in [1.54, 1.807) is 22.9 Å². The first-order valence-electron chi connectivity index (χ1n) is 17.1. The number of carbonyl (C=O) groups is 2. The van der Waals surface area contributed by atoms with E-state index < -0.39 is 22.9 Å². The molecular formula is C35H61N2O5+. The number of unbranched alkanes of at least 4 members (excludes halogenated alkanes) is 15. The number of aromatic nitrogens is 1. The van der Waals surface area contributed by atoms with Crippen molar-refractivity contribution in [3.63, 3.8) is 0 Å². The number of esters is 1. The van der Waals surface area contributed by atoms with Gasteiger partial charge in [0.1, 0.15) is 18.8 Å². The SMILES string of the molecule is CCCCCCCCCCCCCCCCCCOCC1(COC(=O)C(N)(C(C)=O)c2cccc[n+]2CC)CCCO1. The van der Waals surface area contributed by atoms with E-state index in [4.69, 9.17) is 19.9 Å². The lowest BCUT2D eigenvalue weighted by molar-refractivity contribution is -0.702. The summed E-state index contributed by atoms with van der Waals surface area (Å²) in [6.45, 7) is 7.80. The minimum Gasteiger partial charge on any atom is -0.460 e. The number of ether oxygens (including phenoxy) is 3. The van der Waals surface area contributed by atoms with Crippen LogP contribution >= 0.6 is 0 Å². The lowest BCUT2D eigenvalue weighted by Crippen LogP contribution is -2.59. The quantitative estimate of drug-likeness (QED) is 0.0566. The number of rotatable bonds is 25. The largest absolute Gasteiger partial charge is 0.460 e. The van der Waals surface area contributed by atoms with E-state index in [-0.39, 0.29) is 6.61 Å². The molecule has 2 heterocycles. The van der Waals surface area contributed by atoms with Crippen LogP contribution in [0.1, 0.15) is 142 Å². The van der Waals surface area contributed by atoms with Gasteiger partial charge in [-0.25, -0.2) is 9.36 Å². The first kappa shape index (κ1) is 36.4. The minimum atomic E-state index is -1.87. The Bertz CT molecular complexity index is 886. The molecule has 42 heavy (non-hydrogen) atoms. The standard InChI is InChI=1S/C35H61N2O5/c1-4-6-7-8-9-10-11-12-13-14-15-16-17-18-19-22-27-40-29-34(25-23-28-42-34)30-41-33(39)35(36,31(3)38)32-24-20-21-26-37(32)5-2/h20-21,24,26H,4-19,22-23,25,27-30,36H2,1-3H3/q+1. The van der Waals surface area contributed by atoms with Gasteiger partial charge in [0, 0.05) is 25.3 Å². The number of nitrogens with two attached hydrogens (primary N) is 1. The zero-order valence-electron chi connectivity index (χ0n) is 27.1. The van der Waals surface area contributed by atoms with Crippen LogP contribution < -0.4 is 10.3 Å². The van der Waals surface area contributed by atoms with Gasteiger partial charge in [-0.2, -0.15) is 0 Å². The van der Waals surface area contributed by atoms with Gasteiger partial charge in [0.15, 0.2) is 12.0 Å². The lowest BCUT2D eigenvalue weighted by atomic mass is 9.90. The van der Waals surface area contributed by atoms with Crippen LogP contribution in [0.15, 0.2) is 24.4 Å². The molecule has 1 aliphatic rings. The van der Waals surface area contributed by atoms with E-state index in [0.29, 0.717) is 32.1 Å². The summed E-state index contributed by atoms with van der Waals surface area (Å²) in [4.78, 5) is 25.8. The number of nitrogens with zero attached hydrogens (tertiary/aromatic N) is 1. The number of Topliss-reactive ketones (excluding diaryl/α,β-unsaturated/α-hetero) is 1. The van der Waals surface area contributed by atoms with Gasteiger partial charge in [0.25, 0.3) is 5.54 Å². The van der Waals surface area contributed by atoms with Crippen molar-refractivity contribution in [2.75, 3.05) is 26.4 Å². The summed E-state index contributed by atoms with van der Waals surface area (Å²) < 4.78 is 19.5. The molecule has 0 aliphatic carbocycles. The fraction of sp³-hybridized carbons (Fsp3) is 0.800. The number of hydrogen-bond donors (Lipinski definition) is 1. The maximum Gasteiger partial charge on any atom is 0.345 e. The normalized spacial score (nSPS) is 18.2. The number of ketones is 1. The van der Waals surface area contributed by atoms with Crippen LogP contribution in [0.4, 0.5) is 0 Å². The van der Waals surface area contributed by atoms with Gasteiger partial charge >= 0.3 is 5.97 Å². The maximum atomic E-state index is 13.2. The molecule has 1 aromatic rings. The highest BCUT2D eigenvalue weighted by Crippen LogP contribution is 2.28. The monoisotopic (exact) mass is 589 g/mol. The Balaban J connectivity index is 1.59. The molecule has 2 rings (SSSR count). The Morgan fingerprint density at radius 1 is 0.881 bits per heavy atom. The van der Waals surface area contributed by atoms with Crippen molar-refractivity contribution in [2.45, 2.75) is 154 Å². The zero-order valence-corrected chi connectivity index (χ0v) is 27.1.